The van der Waals surface area contributed by atoms with E-state index in [1.165, 1.54) is 4.90 Å². The molecule has 25 heavy (non-hydrogen) atoms. The first-order chi connectivity index (χ1) is 12.1. The lowest BCUT2D eigenvalue weighted by Gasteiger charge is -2.17. The third kappa shape index (κ3) is 3.81. The van der Waals surface area contributed by atoms with Gasteiger partial charge in [-0.05, 0) is 46.5 Å². The molecule has 2 aromatic carbocycles. The van der Waals surface area contributed by atoms with Gasteiger partial charge in [-0.15, -0.1) is 0 Å². The Hall–Kier alpha value is -2.02. The minimum absolute atomic E-state index is 0.189. The van der Waals surface area contributed by atoms with Gasteiger partial charge in [-0.25, -0.2) is 4.98 Å². The van der Waals surface area contributed by atoms with Crippen LogP contribution in [0, 0.1) is 3.57 Å². The van der Waals surface area contributed by atoms with E-state index < -0.39 is 6.67 Å². The van der Waals surface area contributed by atoms with Crippen molar-refractivity contribution in [3.05, 3.63) is 63.9 Å². The minimum Gasteiger partial charge on any atom is -0.340 e. The number of nitrogens with zero attached hydrogens (tertiary/aromatic N) is 2. The summed E-state index contributed by atoms with van der Waals surface area (Å²) in [5, 5.41) is 1.98. The van der Waals surface area contributed by atoms with Crippen molar-refractivity contribution in [3.8, 4) is 11.3 Å². The Morgan fingerprint density at radius 1 is 1.16 bits per heavy atom. The summed E-state index contributed by atoms with van der Waals surface area (Å²) in [6.45, 7) is -0.0573. The number of benzene rings is 2. The lowest BCUT2D eigenvalue weighted by Crippen LogP contribution is -2.28. The van der Waals surface area contributed by atoms with Gasteiger partial charge in [0.05, 0.1) is 12.4 Å². The number of hydrogen-bond acceptors (Lipinski definition) is 2. The first-order valence-corrected chi connectivity index (χ1v) is 9.16. The molecule has 0 aliphatic rings. The molecular formula is C20H18FIN2O. The maximum atomic E-state index is 12.7. The molecule has 0 bridgehead atoms. The second-order valence-electron chi connectivity index (χ2n) is 5.83. The molecule has 0 fully saturated rings. The average molecular weight is 444 g/mol. The number of fused-ring (bicyclic) bond motifs is 1. The number of pyridine rings is 1. The Morgan fingerprint density at radius 3 is 2.64 bits per heavy atom. The summed E-state index contributed by atoms with van der Waals surface area (Å²) in [4.78, 5) is 18.9. The van der Waals surface area contributed by atoms with Gasteiger partial charge in [0.1, 0.15) is 5.69 Å². The van der Waals surface area contributed by atoms with Gasteiger partial charge in [-0.1, -0.05) is 42.5 Å². The lowest BCUT2D eigenvalue weighted by molar-refractivity contribution is 0.0786. The van der Waals surface area contributed by atoms with Gasteiger partial charge in [-0.2, -0.15) is 0 Å². The SMILES string of the molecule is CN(CCCF)C(=O)c1cc2ccccc2c(-c2ccccc2[123I])n1. The number of alkyl halides is 1. The minimum atomic E-state index is -0.434. The average Bonchev–Trinajstić information content (AvgIpc) is 2.65. The van der Waals surface area contributed by atoms with Crippen molar-refractivity contribution in [1.29, 1.82) is 0 Å². The molecule has 3 aromatic rings. The van der Waals surface area contributed by atoms with Crippen LogP contribution in [-0.4, -0.2) is 36.1 Å². The summed E-state index contributed by atoms with van der Waals surface area (Å²) < 4.78 is 13.5. The zero-order chi connectivity index (χ0) is 17.8. The standard InChI is InChI=1S/C20H18FIN2O/c1-24(12-6-11-21)20(25)18-13-14-7-2-3-8-15(14)19(23-18)16-9-4-5-10-17(16)22/h2-5,7-10,13H,6,11-12H2,1H3/i22-4. The van der Waals surface area contributed by atoms with Crippen LogP contribution in [0.25, 0.3) is 22.0 Å². The van der Waals surface area contributed by atoms with Crippen LogP contribution in [0.4, 0.5) is 4.39 Å². The zero-order valence-corrected chi connectivity index (χ0v) is 16.0. The normalized spacial score (nSPS) is 10.8. The fourth-order valence-electron chi connectivity index (χ4n) is 2.76. The highest BCUT2D eigenvalue weighted by Gasteiger charge is 2.17. The predicted molar refractivity (Wildman–Crippen MR) is 107 cm³/mol. The summed E-state index contributed by atoms with van der Waals surface area (Å²) in [5.41, 5.74) is 2.18. The fourth-order valence-corrected chi connectivity index (χ4v) is 3.40. The highest BCUT2D eigenvalue weighted by atomic mass is 123. The van der Waals surface area contributed by atoms with E-state index in [2.05, 4.69) is 27.6 Å². The monoisotopic (exact) mass is 444 g/mol. The fraction of sp³-hybridized carbons (Fsp3) is 0.200. The van der Waals surface area contributed by atoms with E-state index >= 15 is 0 Å². The summed E-state index contributed by atoms with van der Waals surface area (Å²) in [5.74, 6) is -0.189. The van der Waals surface area contributed by atoms with Crippen molar-refractivity contribution in [2.45, 2.75) is 6.42 Å². The first kappa shape index (κ1) is 17.8. The molecular weight excluding hydrogens is 426 g/mol. The van der Waals surface area contributed by atoms with Gasteiger partial charge in [-0.3, -0.25) is 9.18 Å². The number of aromatic nitrogens is 1. The topological polar surface area (TPSA) is 33.2 Å². The smallest absolute Gasteiger partial charge is 0.272 e. The third-order valence-electron chi connectivity index (χ3n) is 4.06. The van der Waals surface area contributed by atoms with Crippen molar-refractivity contribution in [2.24, 2.45) is 0 Å². The quantitative estimate of drug-likeness (QED) is 0.523. The van der Waals surface area contributed by atoms with E-state index in [0.29, 0.717) is 18.7 Å². The summed E-state index contributed by atoms with van der Waals surface area (Å²) >= 11 is 2.28. The molecule has 1 heterocycles. The largest absolute Gasteiger partial charge is 0.340 e. The Kier molecular flexibility index (Phi) is 5.63. The maximum Gasteiger partial charge on any atom is 0.272 e. The first-order valence-electron chi connectivity index (χ1n) is 8.08. The van der Waals surface area contributed by atoms with Crippen LogP contribution in [-0.2, 0) is 0 Å². The zero-order valence-electron chi connectivity index (χ0n) is 13.9. The van der Waals surface area contributed by atoms with Gasteiger partial charge >= 0.3 is 0 Å². The molecule has 3 rings (SSSR count). The number of amides is 1. The molecule has 0 radical (unpaired) electrons. The van der Waals surface area contributed by atoms with Crippen molar-refractivity contribution >= 4 is 39.3 Å². The molecule has 5 heteroatoms. The molecule has 0 atom stereocenters. The lowest BCUT2D eigenvalue weighted by atomic mass is 10.0. The molecule has 0 spiro atoms. The Labute approximate surface area is 160 Å². The van der Waals surface area contributed by atoms with E-state index in [1.807, 2.05) is 54.6 Å². The van der Waals surface area contributed by atoms with Crippen LogP contribution in [0.3, 0.4) is 0 Å². The van der Waals surface area contributed by atoms with Gasteiger partial charge in [0, 0.05) is 28.1 Å². The molecule has 0 aliphatic carbocycles. The highest BCUT2D eigenvalue weighted by Crippen LogP contribution is 2.31. The number of carbonyl (C=O) groups is 1. The van der Waals surface area contributed by atoms with Crippen LogP contribution in [0.2, 0.25) is 0 Å². The van der Waals surface area contributed by atoms with E-state index in [0.717, 1.165) is 25.6 Å². The molecule has 1 amide bonds. The van der Waals surface area contributed by atoms with E-state index in [1.54, 1.807) is 7.05 Å². The maximum absolute atomic E-state index is 12.7. The highest BCUT2D eigenvalue weighted by molar-refractivity contribution is 14.1. The van der Waals surface area contributed by atoms with Crippen LogP contribution < -0.4 is 0 Å². The Morgan fingerprint density at radius 2 is 1.88 bits per heavy atom. The van der Waals surface area contributed by atoms with Crippen LogP contribution in [0.1, 0.15) is 16.9 Å². The molecule has 128 valence electrons. The Bertz CT molecular complexity index is 913. The summed E-state index contributed by atoms with van der Waals surface area (Å²) in [6, 6.07) is 17.7. The summed E-state index contributed by atoms with van der Waals surface area (Å²) in [7, 11) is 1.68. The van der Waals surface area contributed by atoms with Gasteiger partial charge in [0.2, 0.25) is 0 Å². The molecule has 1 aromatic heterocycles. The Balaban J connectivity index is 2.13. The second-order valence-corrected chi connectivity index (χ2v) is 6.99. The van der Waals surface area contributed by atoms with Crippen molar-refractivity contribution < 1.29 is 9.18 Å². The van der Waals surface area contributed by atoms with Crippen LogP contribution in [0.5, 0.6) is 0 Å². The summed E-state index contributed by atoms with van der Waals surface area (Å²) in [6.07, 6.45) is 0.333. The van der Waals surface area contributed by atoms with Gasteiger partial charge in [0.25, 0.3) is 5.91 Å². The number of hydrogen-bond donors (Lipinski definition) is 0. The second kappa shape index (κ2) is 7.91. The van der Waals surface area contributed by atoms with Gasteiger partial charge < -0.3 is 4.90 Å². The predicted octanol–water partition coefficient (Wildman–Crippen LogP) is 4.94. The molecule has 0 saturated carbocycles. The number of carbonyl (C=O) groups excluding carboxylic acids is 1. The molecule has 0 N–H and O–H groups in total. The number of rotatable bonds is 5. The van der Waals surface area contributed by atoms with E-state index in [9.17, 15) is 9.18 Å². The van der Waals surface area contributed by atoms with E-state index in [-0.39, 0.29) is 5.91 Å². The van der Waals surface area contributed by atoms with Crippen molar-refractivity contribution in [1.82, 2.24) is 9.88 Å². The van der Waals surface area contributed by atoms with E-state index in [4.69, 9.17) is 0 Å². The van der Waals surface area contributed by atoms with Crippen molar-refractivity contribution in [2.75, 3.05) is 20.3 Å². The van der Waals surface area contributed by atoms with Crippen LogP contribution in [0.15, 0.2) is 54.6 Å². The molecule has 0 unspecified atom stereocenters. The molecule has 0 aliphatic heterocycles. The van der Waals surface area contributed by atoms with Crippen molar-refractivity contribution in [3.63, 3.8) is 0 Å². The molecule has 0 saturated heterocycles. The van der Waals surface area contributed by atoms with Crippen LogP contribution >= 0.6 is 22.6 Å². The number of halogens is 2. The van der Waals surface area contributed by atoms with Gasteiger partial charge in [0.15, 0.2) is 0 Å². The molecule has 3 nitrogen and oxygen atoms in total. The third-order valence-corrected chi connectivity index (χ3v) is 5.00.